The summed E-state index contributed by atoms with van der Waals surface area (Å²) in [5.41, 5.74) is 0.0932. The fourth-order valence-electron chi connectivity index (χ4n) is 1.89. The van der Waals surface area contributed by atoms with E-state index >= 15 is 0 Å². The first-order valence-electron chi connectivity index (χ1n) is 7.72. The molecule has 2 N–H and O–H groups in total. The third-order valence-corrected chi connectivity index (χ3v) is 2.94. The molecule has 134 valence electrons. The molecule has 7 heteroatoms. The van der Waals surface area contributed by atoms with Gasteiger partial charge in [0.1, 0.15) is 11.4 Å². The summed E-state index contributed by atoms with van der Waals surface area (Å²) in [6.07, 6.45) is -0.757. The fraction of sp³-hybridized carbons (Fsp3) is 0.529. The van der Waals surface area contributed by atoms with Gasteiger partial charge in [-0.15, -0.1) is 0 Å². The van der Waals surface area contributed by atoms with E-state index in [-0.39, 0.29) is 6.61 Å². The number of aliphatic hydroxyl groups is 1. The molecule has 0 saturated carbocycles. The summed E-state index contributed by atoms with van der Waals surface area (Å²) in [5.74, 6) is 0.361. The minimum Gasteiger partial charge on any atom is -0.444 e. The van der Waals surface area contributed by atoms with Gasteiger partial charge >= 0.3 is 12.2 Å². The maximum absolute atomic E-state index is 12.0. The summed E-state index contributed by atoms with van der Waals surface area (Å²) < 4.78 is 10.4. The van der Waals surface area contributed by atoms with Gasteiger partial charge in [0.05, 0.1) is 6.04 Å². The third-order valence-electron chi connectivity index (χ3n) is 2.94. The zero-order chi connectivity index (χ0) is 18.3. The molecule has 1 aromatic rings. The highest BCUT2D eigenvalue weighted by Gasteiger charge is 2.21. The quantitative estimate of drug-likeness (QED) is 0.862. The van der Waals surface area contributed by atoms with Crippen LogP contribution in [0.1, 0.15) is 38.8 Å². The average molecular weight is 338 g/mol. The maximum atomic E-state index is 12.0. The highest BCUT2D eigenvalue weighted by Crippen LogP contribution is 2.22. The van der Waals surface area contributed by atoms with E-state index in [1.54, 1.807) is 59.1 Å². The van der Waals surface area contributed by atoms with Gasteiger partial charge in [-0.3, -0.25) is 0 Å². The molecule has 0 unspecified atom stereocenters. The van der Waals surface area contributed by atoms with E-state index in [2.05, 4.69) is 5.32 Å². The molecule has 0 heterocycles. The predicted molar refractivity (Wildman–Crippen MR) is 90.0 cm³/mol. The lowest BCUT2D eigenvalue weighted by atomic mass is 10.0. The van der Waals surface area contributed by atoms with Gasteiger partial charge in [-0.1, -0.05) is 12.1 Å². The number of nitrogens with one attached hydrogen (secondary N) is 1. The molecule has 0 bridgehead atoms. The number of benzene rings is 1. The van der Waals surface area contributed by atoms with Crippen LogP contribution >= 0.6 is 0 Å². The summed E-state index contributed by atoms with van der Waals surface area (Å²) >= 11 is 0. The predicted octanol–water partition coefficient (Wildman–Crippen LogP) is 2.70. The molecule has 0 saturated heterocycles. The molecular formula is C17H26N2O5. The zero-order valence-corrected chi connectivity index (χ0v) is 14.8. The Kier molecular flexibility index (Phi) is 7.03. The van der Waals surface area contributed by atoms with Crippen LogP contribution in [0.4, 0.5) is 9.59 Å². The van der Waals surface area contributed by atoms with Crippen molar-refractivity contribution >= 4 is 12.2 Å². The molecular weight excluding hydrogens is 312 g/mol. The second kappa shape index (κ2) is 8.54. The smallest absolute Gasteiger partial charge is 0.414 e. The van der Waals surface area contributed by atoms with Crippen molar-refractivity contribution in [1.82, 2.24) is 10.2 Å². The summed E-state index contributed by atoms with van der Waals surface area (Å²) in [7, 11) is 3.18. The number of carbonyl (C=O) groups is 2. The van der Waals surface area contributed by atoms with Crippen LogP contribution in [0.25, 0.3) is 0 Å². The summed E-state index contributed by atoms with van der Waals surface area (Å²) in [4.78, 5) is 24.9. The second-order valence-electron chi connectivity index (χ2n) is 6.55. The number of hydrogen-bond donors (Lipinski definition) is 2. The van der Waals surface area contributed by atoms with Gasteiger partial charge in [-0.25, -0.2) is 9.59 Å². The topological polar surface area (TPSA) is 88.1 Å². The normalized spacial score (nSPS) is 12.2. The summed E-state index contributed by atoms with van der Waals surface area (Å²) in [5, 5.41) is 12.0. The summed E-state index contributed by atoms with van der Waals surface area (Å²) in [6.45, 7) is 5.21. The molecule has 0 aliphatic carbocycles. The lowest BCUT2D eigenvalue weighted by molar-refractivity contribution is 0.0496. The van der Waals surface area contributed by atoms with Crippen LogP contribution in [0.2, 0.25) is 0 Å². The molecule has 0 aromatic heterocycles. The van der Waals surface area contributed by atoms with Crippen LogP contribution in [0.5, 0.6) is 5.75 Å². The largest absolute Gasteiger partial charge is 0.444 e. The molecule has 1 atom stereocenters. The van der Waals surface area contributed by atoms with Crippen molar-refractivity contribution in [1.29, 1.82) is 0 Å². The highest BCUT2D eigenvalue weighted by atomic mass is 16.6. The number of ether oxygens (including phenoxy) is 2. The number of hydrogen-bond acceptors (Lipinski definition) is 5. The first kappa shape index (κ1) is 19.8. The van der Waals surface area contributed by atoms with Crippen molar-refractivity contribution in [3.63, 3.8) is 0 Å². The molecule has 0 fully saturated rings. The molecule has 1 aromatic carbocycles. The number of aliphatic hydroxyl groups excluding tert-OH is 1. The SMILES string of the molecule is CN(C)C(=O)Oc1cccc([C@H](CCO)NC(=O)OC(C)(C)C)c1. The molecule has 0 aliphatic rings. The zero-order valence-electron chi connectivity index (χ0n) is 14.8. The Balaban J connectivity index is 2.88. The molecule has 0 aliphatic heterocycles. The Morgan fingerprint density at radius 2 is 1.96 bits per heavy atom. The Bertz CT molecular complexity index is 566. The Morgan fingerprint density at radius 3 is 2.50 bits per heavy atom. The van der Waals surface area contributed by atoms with E-state index in [9.17, 15) is 14.7 Å². The Morgan fingerprint density at radius 1 is 1.29 bits per heavy atom. The van der Waals surface area contributed by atoms with Crippen molar-refractivity contribution in [3.8, 4) is 5.75 Å². The Hall–Kier alpha value is -2.28. The average Bonchev–Trinajstić information content (AvgIpc) is 2.45. The maximum Gasteiger partial charge on any atom is 0.414 e. The van der Waals surface area contributed by atoms with Crippen LogP contribution in [-0.4, -0.2) is 48.5 Å². The van der Waals surface area contributed by atoms with Gasteiger partial charge in [0.15, 0.2) is 0 Å². The van der Waals surface area contributed by atoms with E-state index in [0.717, 1.165) is 0 Å². The molecule has 0 radical (unpaired) electrons. The van der Waals surface area contributed by atoms with Gasteiger partial charge in [0, 0.05) is 20.7 Å². The second-order valence-corrected chi connectivity index (χ2v) is 6.55. The molecule has 7 nitrogen and oxygen atoms in total. The van der Waals surface area contributed by atoms with Gasteiger partial charge in [-0.2, -0.15) is 0 Å². The Labute approximate surface area is 142 Å². The van der Waals surface area contributed by atoms with Crippen molar-refractivity contribution in [2.75, 3.05) is 20.7 Å². The monoisotopic (exact) mass is 338 g/mol. The lowest BCUT2D eigenvalue weighted by Crippen LogP contribution is -2.35. The fourth-order valence-corrected chi connectivity index (χ4v) is 1.89. The first-order chi connectivity index (χ1) is 11.1. The highest BCUT2D eigenvalue weighted by molar-refractivity contribution is 5.70. The standard InChI is InChI=1S/C17H26N2O5/c1-17(2,3)24-15(21)18-14(9-10-20)12-7-6-8-13(11-12)23-16(22)19(4)5/h6-8,11,14,20H,9-10H2,1-5H3,(H,18,21)/t14-/m0/s1. The van der Waals surface area contributed by atoms with E-state index in [1.807, 2.05) is 0 Å². The molecule has 0 spiro atoms. The van der Waals surface area contributed by atoms with Crippen molar-refractivity contribution in [3.05, 3.63) is 29.8 Å². The lowest BCUT2D eigenvalue weighted by Gasteiger charge is -2.24. The molecule has 1 rings (SSSR count). The van der Waals surface area contributed by atoms with Crippen molar-refractivity contribution in [2.24, 2.45) is 0 Å². The van der Waals surface area contributed by atoms with Crippen molar-refractivity contribution in [2.45, 2.75) is 38.8 Å². The molecule has 2 amide bonds. The van der Waals surface area contributed by atoms with Gasteiger partial charge < -0.3 is 24.8 Å². The summed E-state index contributed by atoms with van der Waals surface area (Å²) in [6, 6.07) is 6.34. The number of rotatable bonds is 5. The number of nitrogens with zero attached hydrogens (tertiary/aromatic N) is 1. The minimum absolute atomic E-state index is 0.109. The number of amides is 2. The van der Waals surface area contributed by atoms with Crippen LogP contribution in [0.15, 0.2) is 24.3 Å². The first-order valence-corrected chi connectivity index (χ1v) is 7.72. The number of alkyl carbamates (subject to hydrolysis) is 1. The van der Waals surface area contributed by atoms with Gasteiger partial charge in [0.2, 0.25) is 0 Å². The van der Waals surface area contributed by atoms with Crippen LogP contribution in [-0.2, 0) is 4.74 Å². The van der Waals surface area contributed by atoms with Crippen LogP contribution in [0, 0.1) is 0 Å². The van der Waals surface area contributed by atoms with Crippen LogP contribution < -0.4 is 10.1 Å². The van der Waals surface area contributed by atoms with E-state index in [1.165, 1.54) is 4.90 Å². The number of carbonyl (C=O) groups excluding carboxylic acids is 2. The molecule has 24 heavy (non-hydrogen) atoms. The van der Waals surface area contributed by atoms with E-state index in [4.69, 9.17) is 9.47 Å². The van der Waals surface area contributed by atoms with Gasteiger partial charge in [-0.05, 0) is 44.9 Å². The third kappa shape index (κ3) is 6.87. The van der Waals surface area contributed by atoms with Crippen LogP contribution in [0.3, 0.4) is 0 Å². The van der Waals surface area contributed by atoms with Crippen molar-refractivity contribution < 1.29 is 24.2 Å². The minimum atomic E-state index is -0.614. The van der Waals surface area contributed by atoms with E-state index < -0.39 is 23.8 Å². The van der Waals surface area contributed by atoms with E-state index in [0.29, 0.717) is 17.7 Å². The van der Waals surface area contributed by atoms with Gasteiger partial charge in [0.25, 0.3) is 0 Å².